The summed E-state index contributed by atoms with van der Waals surface area (Å²) in [5.41, 5.74) is 3.29. The zero-order valence-corrected chi connectivity index (χ0v) is 19.7. The molecular weight excluding hydrogens is 442 g/mol. The van der Waals surface area contributed by atoms with Crippen LogP contribution >= 0.6 is 0 Å². The monoisotopic (exact) mass is 471 g/mol. The Morgan fingerprint density at radius 3 is 2.82 bits per heavy atom. The fraction of sp³-hybridized carbons (Fsp3) is 0.522. The molecule has 0 unspecified atom stereocenters. The van der Waals surface area contributed by atoms with E-state index in [1.54, 1.807) is 6.20 Å². The largest absolute Gasteiger partial charge is 0.465 e. The summed E-state index contributed by atoms with van der Waals surface area (Å²) in [4.78, 5) is 18.4. The van der Waals surface area contributed by atoms with Gasteiger partial charge in [0.15, 0.2) is 9.84 Å². The Balaban J connectivity index is 1.68. The average Bonchev–Trinajstić information content (AvgIpc) is 3.39. The second-order valence-corrected chi connectivity index (χ2v) is 11.6. The SMILES string of the molecule is C[C@@H](Cn1cccn1)c1nc2c3c(ccc2n1[C@@H]1CCCS(=O)(=O)C1)N(C(=O)O)[C@@H](C)CC3. The summed E-state index contributed by atoms with van der Waals surface area (Å²) in [6, 6.07) is 5.37. The van der Waals surface area contributed by atoms with Crippen LogP contribution in [0.25, 0.3) is 11.0 Å². The van der Waals surface area contributed by atoms with Gasteiger partial charge in [-0.25, -0.2) is 18.2 Å². The van der Waals surface area contributed by atoms with Gasteiger partial charge in [0.1, 0.15) is 5.82 Å². The third kappa shape index (κ3) is 3.90. The molecule has 0 aliphatic carbocycles. The van der Waals surface area contributed by atoms with Crippen molar-refractivity contribution < 1.29 is 18.3 Å². The standard InChI is InChI=1S/C23H29N5O4S/c1-15(13-26-11-4-10-24-26)22-25-21-18-7-6-16(2)27(23(29)30)19(18)8-9-20(21)28(22)17-5-3-12-33(31,32)14-17/h4,8-11,15-17H,3,5-7,12-14H2,1-2H3,(H,29,30)/t15-,16-,17+/m0/s1. The van der Waals surface area contributed by atoms with Crippen LogP contribution in [0, 0.1) is 0 Å². The van der Waals surface area contributed by atoms with Crippen molar-refractivity contribution >= 4 is 32.7 Å². The van der Waals surface area contributed by atoms with E-state index in [1.807, 2.05) is 36.0 Å². The molecule has 4 heterocycles. The van der Waals surface area contributed by atoms with Crippen LogP contribution in [-0.2, 0) is 22.8 Å². The maximum absolute atomic E-state index is 12.5. The number of fused-ring (bicyclic) bond motifs is 3. The Labute approximate surface area is 192 Å². The van der Waals surface area contributed by atoms with Crippen molar-refractivity contribution in [3.05, 3.63) is 42.0 Å². The predicted octanol–water partition coefficient (Wildman–Crippen LogP) is 3.61. The summed E-state index contributed by atoms with van der Waals surface area (Å²) < 4.78 is 29.0. The van der Waals surface area contributed by atoms with Gasteiger partial charge in [-0.1, -0.05) is 6.92 Å². The number of aromatic nitrogens is 4. The highest BCUT2D eigenvalue weighted by atomic mass is 32.2. The lowest BCUT2D eigenvalue weighted by Gasteiger charge is -2.33. The maximum atomic E-state index is 12.5. The number of imidazole rings is 1. The van der Waals surface area contributed by atoms with Gasteiger partial charge in [0.2, 0.25) is 0 Å². The second-order valence-electron chi connectivity index (χ2n) is 9.35. The summed E-state index contributed by atoms with van der Waals surface area (Å²) >= 11 is 0. The number of nitrogens with zero attached hydrogens (tertiary/aromatic N) is 5. The smallest absolute Gasteiger partial charge is 0.412 e. The van der Waals surface area contributed by atoms with E-state index < -0.39 is 15.9 Å². The van der Waals surface area contributed by atoms with Gasteiger partial charge in [0.05, 0.1) is 34.8 Å². The fourth-order valence-corrected chi connectivity index (χ4v) is 7.09. The van der Waals surface area contributed by atoms with Crippen molar-refractivity contribution in [2.24, 2.45) is 0 Å². The number of sulfone groups is 1. The summed E-state index contributed by atoms with van der Waals surface area (Å²) in [7, 11) is -3.12. The lowest BCUT2D eigenvalue weighted by Crippen LogP contribution is -2.41. The fourth-order valence-electron chi connectivity index (χ4n) is 5.41. The molecule has 3 atom stereocenters. The van der Waals surface area contributed by atoms with Gasteiger partial charge in [-0.05, 0) is 50.8 Å². The zero-order chi connectivity index (χ0) is 23.3. The van der Waals surface area contributed by atoms with E-state index in [-0.39, 0.29) is 29.5 Å². The molecule has 9 nitrogen and oxygen atoms in total. The lowest BCUT2D eigenvalue weighted by atomic mass is 9.95. The van der Waals surface area contributed by atoms with Gasteiger partial charge in [0, 0.05) is 36.0 Å². The molecule has 1 fully saturated rings. The minimum Gasteiger partial charge on any atom is -0.465 e. The van der Waals surface area contributed by atoms with Crippen LogP contribution in [0.3, 0.4) is 0 Å². The highest BCUT2D eigenvalue weighted by molar-refractivity contribution is 7.91. The Bertz CT molecular complexity index is 1300. The first-order valence-electron chi connectivity index (χ1n) is 11.5. The first kappa shape index (κ1) is 21.9. The zero-order valence-electron chi connectivity index (χ0n) is 18.9. The van der Waals surface area contributed by atoms with Crippen molar-refractivity contribution in [3.8, 4) is 0 Å². The lowest BCUT2D eigenvalue weighted by molar-refractivity contribution is 0.198. The Hall–Kier alpha value is -2.88. The molecule has 1 saturated heterocycles. The van der Waals surface area contributed by atoms with Crippen molar-refractivity contribution in [1.82, 2.24) is 19.3 Å². The van der Waals surface area contributed by atoms with E-state index >= 15 is 0 Å². The molecule has 1 N–H and O–H groups in total. The summed E-state index contributed by atoms with van der Waals surface area (Å²) in [5.74, 6) is 1.16. The molecule has 176 valence electrons. The van der Waals surface area contributed by atoms with Crippen LogP contribution in [0.1, 0.15) is 56.5 Å². The summed E-state index contributed by atoms with van der Waals surface area (Å²) in [6.45, 7) is 4.62. The van der Waals surface area contributed by atoms with Gasteiger partial charge in [-0.2, -0.15) is 5.10 Å². The molecule has 0 bridgehead atoms. The number of aryl methyl sites for hydroxylation is 1. The molecule has 0 radical (unpaired) electrons. The molecule has 0 spiro atoms. The van der Waals surface area contributed by atoms with Crippen molar-refractivity contribution in [2.45, 2.75) is 64.1 Å². The first-order chi connectivity index (χ1) is 15.7. The van der Waals surface area contributed by atoms with Crippen molar-refractivity contribution in [2.75, 3.05) is 16.4 Å². The molecule has 3 aromatic rings. The molecule has 0 saturated carbocycles. The van der Waals surface area contributed by atoms with E-state index in [2.05, 4.69) is 16.6 Å². The predicted molar refractivity (Wildman–Crippen MR) is 126 cm³/mol. The Morgan fingerprint density at radius 1 is 1.30 bits per heavy atom. The minimum absolute atomic E-state index is 0.00401. The molecule has 1 aromatic carbocycles. The van der Waals surface area contributed by atoms with Crippen LogP contribution in [0.4, 0.5) is 10.5 Å². The number of anilines is 1. The maximum Gasteiger partial charge on any atom is 0.412 e. The second kappa shape index (κ2) is 8.16. The highest BCUT2D eigenvalue weighted by Crippen LogP contribution is 2.39. The van der Waals surface area contributed by atoms with Crippen LogP contribution in [0.15, 0.2) is 30.6 Å². The molecule has 2 aromatic heterocycles. The normalized spacial score (nSPS) is 23.4. The van der Waals surface area contributed by atoms with Gasteiger partial charge in [-0.3, -0.25) is 9.58 Å². The van der Waals surface area contributed by atoms with E-state index in [9.17, 15) is 18.3 Å². The molecule has 10 heteroatoms. The van der Waals surface area contributed by atoms with Crippen LogP contribution in [0.5, 0.6) is 0 Å². The van der Waals surface area contributed by atoms with E-state index in [4.69, 9.17) is 4.98 Å². The first-order valence-corrected chi connectivity index (χ1v) is 13.3. The minimum atomic E-state index is -3.12. The molecule has 5 rings (SSSR count). The van der Waals surface area contributed by atoms with Crippen molar-refractivity contribution in [1.29, 1.82) is 0 Å². The number of rotatable bonds is 4. The molecular formula is C23H29N5O4S. The highest BCUT2D eigenvalue weighted by Gasteiger charge is 2.34. The Morgan fingerprint density at radius 2 is 2.12 bits per heavy atom. The van der Waals surface area contributed by atoms with E-state index in [1.165, 1.54) is 4.90 Å². The van der Waals surface area contributed by atoms with Crippen LogP contribution < -0.4 is 4.90 Å². The number of hydrogen-bond acceptors (Lipinski definition) is 5. The molecule has 33 heavy (non-hydrogen) atoms. The van der Waals surface area contributed by atoms with Gasteiger partial charge in [0.25, 0.3) is 0 Å². The van der Waals surface area contributed by atoms with Crippen LogP contribution in [0.2, 0.25) is 0 Å². The van der Waals surface area contributed by atoms with Crippen molar-refractivity contribution in [3.63, 3.8) is 0 Å². The third-order valence-corrected chi connectivity index (χ3v) is 8.76. The molecule has 2 aliphatic rings. The van der Waals surface area contributed by atoms with E-state index in [0.717, 1.165) is 41.7 Å². The van der Waals surface area contributed by atoms with Gasteiger partial charge in [-0.15, -0.1) is 0 Å². The number of hydrogen-bond donors (Lipinski definition) is 1. The number of benzene rings is 1. The number of carboxylic acid groups (broad SMARTS) is 1. The quantitative estimate of drug-likeness (QED) is 0.622. The summed E-state index contributed by atoms with van der Waals surface area (Å²) in [5, 5.41) is 14.1. The molecule has 2 aliphatic heterocycles. The third-order valence-electron chi connectivity index (χ3n) is 6.95. The summed E-state index contributed by atoms with van der Waals surface area (Å²) in [6.07, 6.45) is 5.56. The van der Waals surface area contributed by atoms with E-state index in [0.29, 0.717) is 18.7 Å². The average molecular weight is 472 g/mol. The van der Waals surface area contributed by atoms with Crippen LogP contribution in [-0.4, -0.2) is 56.5 Å². The topological polar surface area (TPSA) is 110 Å². The number of carbonyl (C=O) groups is 1. The Kier molecular flexibility index (Phi) is 5.43. The molecule has 1 amide bonds. The number of amides is 1. The van der Waals surface area contributed by atoms with Gasteiger partial charge < -0.3 is 9.67 Å². The van der Waals surface area contributed by atoms with Gasteiger partial charge >= 0.3 is 6.09 Å².